The molecule has 0 aliphatic heterocycles. The summed E-state index contributed by atoms with van der Waals surface area (Å²) in [6.45, 7) is 7.45. The molecule has 0 heterocycles. The molecule has 0 radical (unpaired) electrons. The second-order valence-corrected chi connectivity index (χ2v) is 14.7. The monoisotopic (exact) mass is 505 g/mol. The molecule has 0 aromatic heterocycles. The highest BCUT2D eigenvalue weighted by Crippen LogP contribution is 2.39. The Morgan fingerprint density at radius 1 is 0.730 bits per heavy atom. The Bertz CT molecular complexity index is 1400. The Balaban J connectivity index is 1.39. The van der Waals surface area contributed by atoms with Gasteiger partial charge in [-0.2, -0.15) is 0 Å². The molecule has 1 amide bonds. The summed E-state index contributed by atoms with van der Waals surface area (Å²) in [4.78, 5) is 26.2. The molecule has 4 aromatic rings. The molecule has 4 nitrogen and oxygen atoms in total. The lowest BCUT2D eigenvalue weighted by Crippen LogP contribution is -2.67. The van der Waals surface area contributed by atoms with E-state index in [0.29, 0.717) is 35.4 Å². The first-order valence-electron chi connectivity index (χ1n) is 12.6. The van der Waals surface area contributed by atoms with Gasteiger partial charge >= 0.3 is 0 Å². The van der Waals surface area contributed by atoms with Crippen molar-refractivity contribution in [3.63, 3.8) is 0 Å². The van der Waals surface area contributed by atoms with Crippen molar-refractivity contribution >= 4 is 30.4 Å². The van der Waals surface area contributed by atoms with Gasteiger partial charge in [-0.25, -0.2) is 0 Å². The third-order valence-corrected chi connectivity index (χ3v) is 12.2. The molecule has 37 heavy (non-hydrogen) atoms. The zero-order chi connectivity index (χ0) is 26.0. The van der Waals surface area contributed by atoms with Gasteiger partial charge in [0, 0.05) is 28.8 Å². The molecule has 0 atom stereocenters. The number of ketones is 1. The molecule has 1 aliphatic rings. The van der Waals surface area contributed by atoms with Gasteiger partial charge in [-0.3, -0.25) is 9.59 Å². The summed E-state index contributed by atoms with van der Waals surface area (Å²) in [5, 5.41) is 5.32. The molecule has 0 spiro atoms. The summed E-state index contributed by atoms with van der Waals surface area (Å²) in [6.07, 6.45) is 0. The highest BCUT2D eigenvalue weighted by Gasteiger charge is 2.50. The van der Waals surface area contributed by atoms with Gasteiger partial charge < -0.3 is 9.74 Å². The Labute approximate surface area is 219 Å². The SMILES string of the molecule is CC(C)(C)[Si](OCCNC(=O)c1cccc2c1-c1ccccc1C2=O)(c1ccccc1)c1ccccc1. The topological polar surface area (TPSA) is 55.4 Å². The molecule has 0 unspecified atom stereocenters. The quantitative estimate of drug-likeness (QED) is 0.244. The van der Waals surface area contributed by atoms with Crippen LogP contribution in [0.5, 0.6) is 0 Å². The van der Waals surface area contributed by atoms with E-state index < -0.39 is 8.32 Å². The van der Waals surface area contributed by atoms with Crippen molar-refractivity contribution in [2.24, 2.45) is 0 Å². The second kappa shape index (κ2) is 9.92. The summed E-state index contributed by atoms with van der Waals surface area (Å²) in [5.74, 6) is -0.234. The van der Waals surface area contributed by atoms with Gasteiger partial charge in [-0.15, -0.1) is 0 Å². The van der Waals surface area contributed by atoms with Crippen LogP contribution < -0.4 is 15.7 Å². The molecule has 0 saturated carbocycles. The zero-order valence-corrected chi connectivity index (χ0v) is 22.5. The average molecular weight is 506 g/mol. The van der Waals surface area contributed by atoms with Crippen LogP contribution in [0.3, 0.4) is 0 Å². The van der Waals surface area contributed by atoms with Crippen LogP contribution in [0.15, 0.2) is 103 Å². The van der Waals surface area contributed by atoms with E-state index in [1.807, 2.05) is 36.4 Å². The van der Waals surface area contributed by atoms with E-state index in [-0.39, 0.29) is 16.7 Å². The van der Waals surface area contributed by atoms with Gasteiger partial charge in [0.15, 0.2) is 5.78 Å². The molecular weight excluding hydrogens is 474 g/mol. The lowest BCUT2D eigenvalue weighted by Gasteiger charge is -2.43. The van der Waals surface area contributed by atoms with Crippen molar-refractivity contribution in [1.82, 2.24) is 5.32 Å². The third-order valence-electron chi connectivity index (χ3n) is 7.12. The minimum Gasteiger partial charge on any atom is -0.406 e. The normalized spacial score (nSPS) is 12.7. The highest BCUT2D eigenvalue weighted by molar-refractivity contribution is 6.99. The zero-order valence-electron chi connectivity index (χ0n) is 21.5. The van der Waals surface area contributed by atoms with Crippen molar-refractivity contribution in [3.8, 4) is 11.1 Å². The molecule has 5 heteroatoms. The number of hydrogen-bond acceptors (Lipinski definition) is 3. The molecule has 186 valence electrons. The Kier molecular flexibility index (Phi) is 6.67. The number of hydrogen-bond donors (Lipinski definition) is 1. The van der Waals surface area contributed by atoms with Crippen molar-refractivity contribution in [2.75, 3.05) is 13.2 Å². The first kappa shape index (κ1) is 24.9. The van der Waals surface area contributed by atoms with Crippen molar-refractivity contribution in [1.29, 1.82) is 0 Å². The van der Waals surface area contributed by atoms with E-state index in [0.717, 1.165) is 5.56 Å². The molecule has 0 fully saturated rings. The van der Waals surface area contributed by atoms with Gasteiger partial charge in [-0.1, -0.05) is 118 Å². The van der Waals surface area contributed by atoms with Gasteiger partial charge in [0.25, 0.3) is 14.2 Å². The fraction of sp³-hybridized carbons (Fsp3) is 0.188. The average Bonchev–Trinajstić information content (AvgIpc) is 3.21. The number of benzene rings is 4. The standard InChI is InChI=1S/C32H31NO3Si/c1-32(2,3)37(23-13-6-4-7-14-23,24-15-8-5-9-16-24)36-22-21-33-31(35)28-20-12-19-27-29(28)25-17-10-11-18-26(25)30(27)34/h4-20H,21-22H2,1-3H3,(H,33,35). The van der Waals surface area contributed by atoms with Gasteiger partial charge in [0.05, 0.1) is 6.61 Å². The maximum absolute atomic E-state index is 13.3. The Morgan fingerprint density at radius 3 is 1.86 bits per heavy atom. The van der Waals surface area contributed by atoms with E-state index in [4.69, 9.17) is 4.43 Å². The van der Waals surface area contributed by atoms with Crippen LogP contribution in [0.4, 0.5) is 0 Å². The van der Waals surface area contributed by atoms with Crippen molar-refractivity contribution in [2.45, 2.75) is 25.8 Å². The molecular formula is C32H31NO3Si. The number of nitrogens with one attached hydrogen (secondary N) is 1. The van der Waals surface area contributed by atoms with Crippen LogP contribution in [0.1, 0.15) is 47.1 Å². The number of carbonyl (C=O) groups excluding carboxylic acids is 2. The third kappa shape index (κ3) is 4.35. The number of rotatable bonds is 7. The molecule has 0 bridgehead atoms. The predicted molar refractivity (Wildman–Crippen MR) is 151 cm³/mol. The van der Waals surface area contributed by atoms with Crippen LogP contribution in [0, 0.1) is 0 Å². The summed E-state index contributed by atoms with van der Waals surface area (Å²) in [5.41, 5.74) is 3.27. The first-order chi connectivity index (χ1) is 17.8. The fourth-order valence-corrected chi connectivity index (χ4v) is 10.1. The van der Waals surface area contributed by atoms with Crippen LogP contribution in [0.2, 0.25) is 5.04 Å². The lowest BCUT2D eigenvalue weighted by molar-refractivity contribution is 0.0946. The largest absolute Gasteiger partial charge is 0.406 e. The summed E-state index contributed by atoms with van der Waals surface area (Å²) < 4.78 is 6.89. The second-order valence-electron chi connectivity index (χ2n) is 10.4. The van der Waals surface area contributed by atoms with E-state index in [2.05, 4.69) is 74.6 Å². The predicted octanol–water partition coefficient (Wildman–Crippen LogP) is 5.20. The summed E-state index contributed by atoms with van der Waals surface area (Å²) >= 11 is 0. The molecule has 1 aliphatic carbocycles. The minimum absolute atomic E-state index is 0.0322. The van der Waals surface area contributed by atoms with E-state index in [9.17, 15) is 9.59 Å². The maximum Gasteiger partial charge on any atom is 0.261 e. The first-order valence-corrected chi connectivity index (χ1v) is 14.6. The molecule has 5 rings (SSSR count). The molecule has 0 saturated heterocycles. The minimum atomic E-state index is -2.67. The van der Waals surface area contributed by atoms with Gasteiger partial charge in [0.1, 0.15) is 0 Å². The van der Waals surface area contributed by atoms with Crippen LogP contribution in [-0.2, 0) is 4.43 Å². The lowest BCUT2D eigenvalue weighted by atomic mass is 9.99. The van der Waals surface area contributed by atoms with Gasteiger partial charge in [-0.05, 0) is 27.0 Å². The van der Waals surface area contributed by atoms with Crippen LogP contribution in [0.25, 0.3) is 11.1 Å². The maximum atomic E-state index is 13.3. The van der Waals surface area contributed by atoms with Crippen LogP contribution in [-0.4, -0.2) is 33.2 Å². The van der Waals surface area contributed by atoms with E-state index in [1.54, 1.807) is 18.2 Å². The Hall–Kier alpha value is -3.80. The molecule has 4 aromatic carbocycles. The van der Waals surface area contributed by atoms with Crippen molar-refractivity contribution in [3.05, 3.63) is 120 Å². The molecule has 1 N–H and O–H groups in total. The number of carbonyl (C=O) groups is 2. The van der Waals surface area contributed by atoms with E-state index in [1.165, 1.54) is 10.4 Å². The smallest absolute Gasteiger partial charge is 0.261 e. The van der Waals surface area contributed by atoms with Gasteiger partial charge in [0.2, 0.25) is 0 Å². The highest BCUT2D eigenvalue weighted by atomic mass is 28.4. The van der Waals surface area contributed by atoms with E-state index >= 15 is 0 Å². The van der Waals surface area contributed by atoms with Crippen LogP contribution >= 0.6 is 0 Å². The summed E-state index contributed by atoms with van der Waals surface area (Å²) in [6, 6.07) is 33.7. The summed E-state index contributed by atoms with van der Waals surface area (Å²) in [7, 11) is -2.67. The number of fused-ring (bicyclic) bond motifs is 3. The number of amides is 1. The Morgan fingerprint density at radius 2 is 1.27 bits per heavy atom. The fourth-order valence-electron chi connectivity index (χ4n) is 5.49. The van der Waals surface area contributed by atoms with Crippen molar-refractivity contribution < 1.29 is 14.0 Å².